The van der Waals surface area contributed by atoms with E-state index in [9.17, 15) is 4.79 Å². The molecule has 1 aromatic carbocycles. The van der Waals surface area contributed by atoms with Crippen molar-refractivity contribution in [2.75, 3.05) is 12.4 Å². The highest BCUT2D eigenvalue weighted by molar-refractivity contribution is 7.19. The van der Waals surface area contributed by atoms with Gasteiger partial charge >= 0.3 is 6.01 Å². The Morgan fingerprint density at radius 3 is 2.91 bits per heavy atom. The summed E-state index contributed by atoms with van der Waals surface area (Å²) >= 11 is 7.17. The first-order chi connectivity index (χ1) is 10.7. The Balaban J connectivity index is 1.75. The Labute approximate surface area is 134 Å². The number of hydrogen-bond donors (Lipinski definition) is 1. The van der Waals surface area contributed by atoms with Gasteiger partial charge in [0.05, 0.1) is 16.3 Å². The highest BCUT2D eigenvalue weighted by atomic mass is 35.5. The highest BCUT2D eigenvalue weighted by Gasteiger charge is 2.14. The largest absolute Gasteiger partial charge is 0.497 e. The quantitative estimate of drug-likeness (QED) is 0.786. The second-order valence-electron chi connectivity index (χ2n) is 4.20. The van der Waals surface area contributed by atoms with Gasteiger partial charge < -0.3 is 9.15 Å². The molecule has 6 nitrogen and oxygen atoms in total. The first kappa shape index (κ1) is 14.6. The minimum Gasteiger partial charge on any atom is -0.497 e. The molecule has 0 aliphatic heterocycles. The van der Waals surface area contributed by atoms with E-state index < -0.39 is 0 Å². The predicted octanol–water partition coefficient (Wildman–Crippen LogP) is 3.71. The summed E-state index contributed by atoms with van der Waals surface area (Å²) in [7, 11) is 1.54. The van der Waals surface area contributed by atoms with Gasteiger partial charge in [-0.2, -0.15) is 0 Å². The summed E-state index contributed by atoms with van der Waals surface area (Å²) < 4.78 is 11.1. The maximum absolute atomic E-state index is 12.1. The van der Waals surface area contributed by atoms with Crippen LogP contribution in [0.1, 0.15) is 10.4 Å². The van der Waals surface area contributed by atoms with Crippen molar-refractivity contribution in [1.29, 1.82) is 0 Å². The van der Waals surface area contributed by atoms with Crippen LogP contribution in [0.5, 0.6) is 5.75 Å². The SMILES string of the molecule is COc1cccc(C(=O)Nc2nnc(-c3ccc(Cl)s3)o2)c1. The Morgan fingerprint density at radius 2 is 2.18 bits per heavy atom. The fourth-order valence-corrected chi connectivity index (χ4v) is 2.70. The van der Waals surface area contributed by atoms with Crippen LogP contribution in [0.4, 0.5) is 6.01 Å². The number of nitrogens with zero attached hydrogens (tertiary/aromatic N) is 2. The summed E-state index contributed by atoms with van der Waals surface area (Å²) in [4.78, 5) is 12.9. The number of thiophene rings is 1. The first-order valence-corrected chi connectivity index (χ1v) is 7.40. The number of halogens is 1. The maximum Gasteiger partial charge on any atom is 0.322 e. The maximum atomic E-state index is 12.1. The molecule has 0 aliphatic carbocycles. The third-order valence-electron chi connectivity index (χ3n) is 2.76. The zero-order chi connectivity index (χ0) is 15.5. The van der Waals surface area contributed by atoms with Gasteiger partial charge in [0, 0.05) is 5.56 Å². The van der Waals surface area contributed by atoms with Crippen molar-refractivity contribution in [3.05, 3.63) is 46.3 Å². The molecule has 1 N–H and O–H groups in total. The second kappa shape index (κ2) is 6.17. The van der Waals surface area contributed by atoms with Gasteiger partial charge in [-0.25, -0.2) is 0 Å². The van der Waals surface area contributed by atoms with Gasteiger partial charge in [-0.05, 0) is 30.3 Å². The predicted molar refractivity (Wildman–Crippen MR) is 83.6 cm³/mol. The number of carbonyl (C=O) groups is 1. The summed E-state index contributed by atoms with van der Waals surface area (Å²) in [6.07, 6.45) is 0. The van der Waals surface area contributed by atoms with Gasteiger partial charge in [0.2, 0.25) is 0 Å². The summed E-state index contributed by atoms with van der Waals surface area (Å²) in [5.74, 6) is 0.531. The van der Waals surface area contributed by atoms with Gasteiger partial charge in [-0.1, -0.05) is 22.8 Å². The van der Waals surface area contributed by atoms with E-state index in [1.807, 2.05) is 0 Å². The van der Waals surface area contributed by atoms with Crippen molar-refractivity contribution >= 4 is 34.9 Å². The Morgan fingerprint density at radius 1 is 1.32 bits per heavy atom. The average Bonchev–Trinajstić information content (AvgIpc) is 3.16. The molecule has 3 aromatic rings. The number of nitrogens with one attached hydrogen (secondary N) is 1. The molecule has 22 heavy (non-hydrogen) atoms. The molecule has 0 fully saturated rings. The van der Waals surface area contributed by atoms with Crippen molar-refractivity contribution in [3.8, 4) is 16.5 Å². The molecular weight excluding hydrogens is 326 g/mol. The van der Waals surface area contributed by atoms with Crippen molar-refractivity contribution in [1.82, 2.24) is 10.2 Å². The third-order valence-corrected chi connectivity index (χ3v) is 3.98. The highest BCUT2D eigenvalue weighted by Crippen LogP contribution is 2.30. The van der Waals surface area contributed by atoms with Crippen LogP contribution in [0.25, 0.3) is 10.8 Å². The molecule has 0 saturated carbocycles. The molecule has 0 spiro atoms. The molecule has 0 unspecified atom stereocenters. The summed E-state index contributed by atoms with van der Waals surface area (Å²) in [5, 5.41) is 10.2. The van der Waals surface area contributed by atoms with Gasteiger partial charge in [0.1, 0.15) is 5.75 Å². The molecule has 2 heterocycles. The molecule has 0 bridgehead atoms. The number of ether oxygens (including phenoxy) is 1. The topological polar surface area (TPSA) is 77.2 Å². The number of carbonyl (C=O) groups excluding carboxylic acids is 1. The second-order valence-corrected chi connectivity index (χ2v) is 5.92. The third kappa shape index (κ3) is 3.10. The minimum absolute atomic E-state index is 0.0207. The monoisotopic (exact) mass is 335 g/mol. The number of amides is 1. The van der Waals surface area contributed by atoms with Gasteiger partial charge in [-0.15, -0.1) is 16.4 Å². The van der Waals surface area contributed by atoms with Crippen LogP contribution >= 0.6 is 22.9 Å². The molecule has 8 heteroatoms. The molecule has 2 aromatic heterocycles. The molecule has 3 rings (SSSR count). The number of hydrogen-bond acceptors (Lipinski definition) is 6. The number of methoxy groups -OCH3 is 1. The number of rotatable bonds is 4. The number of aromatic nitrogens is 2. The minimum atomic E-state index is -0.363. The van der Waals surface area contributed by atoms with E-state index in [-0.39, 0.29) is 11.9 Å². The summed E-state index contributed by atoms with van der Waals surface area (Å²) in [6.45, 7) is 0. The van der Waals surface area contributed by atoms with Gasteiger partial charge in [0.15, 0.2) is 0 Å². The number of benzene rings is 1. The lowest BCUT2D eigenvalue weighted by molar-refractivity contribution is 0.102. The van der Waals surface area contributed by atoms with Crippen LogP contribution in [0.3, 0.4) is 0 Å². The van der Waals surface area contributed by atoms with E-state index in [2.05, 4.69) is 15.5 Å². The van der Waals surface area contributed by atoms with Crippen molar-refractivity contribution < 1.29 is 13.9 Å². The van der Waals surface area contributed by atoms with Crippen LogP contribution in [0, 0.1) is 0 Å². The van der Waals surface area contributed by atoms with Crippen molar-refractivity contribution in [3.63, 3.8) is 0 Å². The number of anilines is 1. The normalized spacial score (nSPS) is 10.5. The smallest absolute Gasteiger partial charge is 0.322 e. The average molecular weight is 336 g/mol. The van der Waals surface area contributed by atoms with Gasteiger partial charge in [-0.3, -0.25) is 10.1 Å². The molecule has 1 amide bonds. The van der Waals surface area contributed by atoms with E-state index in [1.165, 1.54) is 18.4 Å². The molecule has 0 saturated heterocycles. The standard InChI is InChI=1S/C14H10ClN3O3S/c1-20-9-4-2-3-8(7-9)12(19)16-14-18-17-13(21-14)10-5-6-11(15)22-10/h2-7H,1H3,(H,16,18,19). The van der Waals surface area contributed by atoms with E-state index in [1.54, 1.807) is 36.4 Å². The van der Waals surface area contributed by atoms with E-state index in [0.717, 1.165) is 4.88 Å². The molecule has 0 aliphatic rings. The summed E-state index contributed by atoms with van der Waals surface area (Å²) in [5.41, 5.74) is 0.429. The lowest BCUT2D eigenvalue weighted by Gasteiger charge is -2.03. The van der Waals surface area contributed by atoms with Crippen molar-refractivity contribution in [2.24, 2.45) is 0 Å². The molecular formula is C14H10ClN3O3S. The molecule has 0 radical (unpaired) electrons. The first-order valence-electron chi connectivity index (χ1n) is 6.20. The van der Waals surface area contributed by atoms with E-state index >= 15 is 0 Å². The Hall–Kier alpha value is -2.38. The van der Waals surface area contributed by atoms with Crippen LogP contribution in [-0.2, 0) is 0 Å². The van der Waals surface area contributed by atoms with E-state index in [4.69, 9.17) is 20.8 Å². The van der Waals surface area contributed by atoms with Crippen molar-refractivity contribution in [2.45, 2.75) is 0 Å². The Bertz CT molecular complexity index is 815. The molecule has 0 atom stereocenters. The van der Waals surface area contributed by atoms with Crippen LogP contribution in [0.2, 0.25) is 4.34 Å². The Kier molecular flexibility index (Phi) is 4.08. The van der Waals surface area contributed by atoms with Crippen LogP contribution in [-0.4, -0.2) is 23.2 Å². The summed E-state index contributed by atoms with van der Waals surface area (Å²) in [6, 6.07) is 10.3. The lowest BCUT2D eigenvalue weighted by atomic mass is 10.2. The lowest BCUT2D eigenvalue weighted by Crippen LogP contribution is -2.12. The zero-order valence-corrected chi connectivity index (χ0v) is 12.9. The van der Waals surface area contributed by atoms with Gasteiger partial charge in [0.25, 0.3) is 11.8 Å². The van der Waals surface area contributed by atoms with Crippen LogP contribution in [0.15, 0.2) is 40.8 Å². The van der Waals surface area contributed by atoms with E-state index in [0.29, 0.717) is 21.5 Å². The molecule has 112 valence electrons. The fourth-order valence-electron chi connectivity index (χ4n) is 1.74. The van der Waals surface area contributed by atoms with Crippen LogP contribution < -0.4 is 10.1 Å². The zero-order valence-electron chi connectivity index (χ0n) is 11.4. The fraction of sp³-hybridized carbons (Fsp3) is 0.0714.